The molecule has 124 valence electrons. The second-order valence-corrected chi connectivity index (χ2v) is 5.53. The van der Waals surface area contributed by atoms with Gasteiger partial charge in [0.15, 0.2) is 0 Å². The van der Waals surface area contributed by atoms with Crippen molar-refractivity contribution in [3.63, 3.8) is 0 Å². The van der Waals surface area contributed by atoms with E-state index in [4.69, 9.17) is 16.3 Å². The molecule has 1 atom stereocenters. The maximum Gasteiger partial charge on any atom is 0.409 e. The van der Waals surface area contributed by atoms with Crippen LogP contribution in [0.2, 0.25) is 0 Å². The van der Waals surface area contributed by atoms with Crippen molar-refractivity contribution < 1.29 is 13.9 Å². The van der Waals surface area contributed by atoms with Crippen molar-refractivity contribution in [2.45, 2.75) is 12.3 Å². The molecule has 1 amide bonds. The molecule has 22 heavy (non-hydrogen) atoms. The smallest absolute Gasteiger partial charge is 0.409 e. The Morgan fingerprint density at radius 3 is 2.41 bits per heavy atom. The lowest BCUT2D eigenvalue weighted by atomic mass is 10.1. The number of piperazine rings is 1. The van der Waals surface area contributed by atoms with Gasteiger partial charge in [0.25, 0.3) is 0 Å². The monoisotopic (exact) mass is 350 g/mol. The number of carbonyl (C=O) groups is 1. The second-order valence-electron chi connectivity index (χ2n) is 5.01. The molecule has 1 aromatic rings. The number of carbonyl (C=O) groups excluding carboxylic acids is 1. The molecule has 1 heterocycles. The Balaban J connectivity index is 0.00000242. The molecule has 1 unspecified atom stereocenters. The van der Waals surface area contributed by atoms with Crippen LogP contribution < -0.4 is 0 Å². The van der Waals surface area contributed by atoms with Crippen LogP contribution in [0.1, 0.15) is 17.9 Å². The lowest BCUT2D eigenvalue weighted by Crippen LogP contribution is -2.49. The van der Waals surface area contributed by atoms with E-state index in [0.717, 1.165) is 18.7 Å². The molecule has 0 bridgehead atoms. The Morgan fingerprint density at radius 2 is 1.86 bits per heavy atom. The summed E-state index contributed by atoms with van der Waals surface area (Å²) in [6.45, 7) is 5.70. The fourth-order valence-electron chi connectivity index (χ4n) is 2.33. The topological polar surface area (TPSA) is 32.8 Å². The number of hydrogen-bond donors (Lipinski definition) is 0. The first-order chi connectivity index (χ1) is 10.1. The first-order valence-corrected chi connectivity index (χ1v) is 7.57. The molecule has 0 aromatic heterocycles. The predicted octanol–water partition coefficient (Wildman–Crippen LogP) is 3.30. The molecular weight excluding hydrogens is 330 g/mol. The SMILES string of the molecule is CCOC(=O)N1CCN(CC(Cl)c2ccc(F)cc2)CC1.Cl. The van der Waals surface area contributed by atoms with Gasteiger partial charge in [0.1, 0.15) is 5.82 Å². The minimum atomic E-state index is -0.259. The van der Waals surface area contributed by atoms with Crippen LogP contribution in [0.3, 0.4) is 0 Å². The maximum atomic E-state index is 12.9. The van der Waals surface area contributed by atoms with E-state index in [-0.39, 0.29) is 29.7 Å². The zero-order valence-corrected chi connectivity index (χ0v) is 14.1. The number of benzene rings is 1. The van der Waals surface area contributed by atoms with Crippen molar-refractivity contribution >= 4 is 30.1 Å². The van der Waals surface area contributed by atoms with Crippen molar-refractivity contribution in [1.82, 2.24) is 9.80 Å². The molecule has 4 nitrogen and oxygen atoms in total. The van der Waals surface area contributed by atoms with E-state index in [9.17, 15) is 9.18 Å². The molecule has 1 aliphatic rings. The van der Waals surface area contributed by atoms with Crippen molar-refractivity contribution in [3.8, 4) is 0 Å². The average Bonchev–Trinajstić information content (AvgIpc) is 2.49. The Hall–Kier alpha value is -1.04. The molecular formula is C15H21Cl2FN2O2. The zero-order chi connectivity index (χ0) is 15.2. The first kappa shape index (κ1) is 19.0. The van der Waals surface area contributed by atoms with Crippen molar-refractivity contribution in [2.75, 3.05) is 39.3 Å². The zero-order valence-electron chi connectivity index (χ0n) is 12.5. The molecule has 1 fully saturated rings. The molecule has 0 saturated carbocycles. The third-order valence-electron chi connectivity index (χ3n) is 3.55. The maximum absolute atomic E-state index is 12.9. The number of alkyl halides is 1. The van der Waals surface area contributed by atoms with Crippen LogP contribution in [-0.2, 0) is 4.74 Å². The molecule has 0 radical (unpaired) electrons. The number of nitrogens with zero attached hydrogens (tertiary/aromatic N) is 2. The third kappa shape index (κ3) is 5.30. The molecule has 7 heteroatoms. The second kappa shape index (κ2) is 9.18. The van der Waals surface area contributed by atoms with Crippen LogP contribution in [-0.4, -0.2) is 55.2 Å². The molecule has 1 saturated heterocycles. The lowest BCUT2D eigenvalue weighted by Gasteiger charge is -2.34. The van der Waals surface area contributed by atoms with E-state index in [2.05, 4.69) is 4.90 Å². The van der Waals surface area contributed by atoms with Crippen LogP contribution in [0.5, 0.6) is 0 Å². The van der Waals surface area contributed by atoms with Gasteiger partial charge in [0.05, 0.1) is 12.0 Å². The van der Waals surface area contributed by atoms with E-state index in [1.807, 2.05) is 0 Å². The minimum absolute atomic E-state index is 0. The molecule has 2 rings (SSSR count). The molecule has 0 N–H and O–H groups in total. The van der Waals surface area contributed by atoms with Crippen LogP contribution in [0.25, 0.3) is 0 Å². The summed E-state index contributed by atoms with van der Waals surface area (Å²) in [4.78, 5) is 15.5. The normalized spacial score (nSPS) is 16.8. The van der Waals surface area contributed by atoms with Crippen LogP contribution >= 0.6 is 24.0 Å². The van der Waals surface area contributed by atoms with Gasteiger partial charge in [-0.25, -0.2) is 9.18 Å². The largest absolute Gasteiger partial charge is 0.450 e. The average molecular weight is 351 g/mol. The summed E-state index contributed by atoms with van der Waals surface area (Å²) in [6, 6.07) is 6.26. The van der Waals surface area contributed by atoms with E-state index in [1.54, 1.807) is 24.0 Å². The minimum Gasteiger partial charge on any atom is -0.450 e. The third-order valence-corrected chi connectivity index (χ3v) is 3.94. The number of amides is 1. The standard InChI is InChI=1S/C15H20ClFN2O2.ClH/c1-2-21-15(20)19-9-7-18(8-10-19)11-14(16)12-3-5-13(17)6-4-12;/h3-6,14H,2,7-11H2,1H3;1H. The molecule has 1 aromatic carbocycles. The highest BCUT2D eigenvalue weighted by molar-refractivity contribution is 6.21. The number of ether oxygens (including phenoxy) is 1. The summed E-state index contributed by atoms with van der Waals surface area (Å²) in [5.74, 6) is -0.259. The van der Waals surface area contributed by atoms with Gasteiger partial charge in [-0.05, 0) is 24.6 Å². The van der Waals surface area contributed by atoms with Crippen molar-refractivity contribution in [3.05, 3.63) is 35.6 Å². The quantitative estimate of drug-likeness (QED) is 0.781. The summed E-state index contributed by atoms with van der Waals surface area (Å²) in [5, 5.41) is -0.181. The highest BCUT2D eigenvalue weighted by Gasteiger charge is 2.23. The van der Waals surface area contributed by atoms with Crippen molar-refractivity contribution in [1.29, 1.82) is 0 Å². The fourth-order valence-corrected chi connectivity index (χ4v) is 2.67. The highest BCUT2D eigenvalue weighted by atomic mass is 35.5. The molecule has 1 aliphatic heterocycles. The summed E-state index contributed by atoms with van der Waals surface area (Å²) in [6.07, 6.45) is -0.252. The van der Waals surface area contributed by atoms with Crippen LogP contribution in [0.4, 0.5) is 9.18 Å². The summed E-state index contributed by atoms with van der Waals surface area (Å²) >= 11 is 6.37. The van der Waals surface area contributed by atoms with Gasteiger partial charge in [-0.1, -0.05) is 12.1 Å². The Bertz CT molecular complexity index is 465. The van der Waals surface area contributed by atoms with Crippen molar-refractivity contribution in [2.24, 2.45) is 0 Å². The first-order valence-electron chi connectivity index (χ1n) is 7.13. The number of rotatable bonds is 4. The highest BCUT2D eigenvalue weighted by Crippen LogP contribution is 2.22. The Morgan fingerprint density at radius 1 is 1.27 bits per heavy atom. The number of halogens is 3. The van der Waals surface area contributed by atoms with E-state index >= 15 is 0 Å². The van der Waals surface area contributed by atoms with Gasteiger partial charge in [-0.2, -0.15) is 0 Å². The molecule has 0 aliphatic carbocycles. The van der Waals surface area contributed by atoms with Gasteiger partial charge in [-0.15, -0.1) is 24.0 Å². The Labute approximate surface area is 141 Å². The number of hydrogen-bond acceptors (Lipinski definition) is 3. The summed E-state index contributed by atoms with van der Waals surface area (Å²) in [7, 11) is 0. The van der Waals surface area contributed by atoms with Gasteiger partial charge < -0.3 is 9.64 Å². The van der Waals surface area contributed by atoms with Gasteiger partial charge in [0.2, 0.25) is 0 Å². The van der Waals surface area contributed by atoms with E-state index in [1.165, 1.54) is 12.1 Å². The van der Waals surface area contributed by atoms with Gasteiger partial charge in [0, 0.05) is 32.7 Å². The van der Waals surface area contributed by atoms with Crippen LogP contribution in [0, 0.1) is 5.82 Å². The molecule has 0 spiro atoms. The summed E-state index contributed by atoms with van der Waals surface area (Å²) < 4.78 is 17.9. The summed E-state index contributed by atoms with van der Waals surface area (Å²) in [5.41, 5.74) is 0.908. The van der Waals surface area contributed by atoms with Gasteiger partial charge in [-0.3, -0.25) is 4.90 Å². The van der Waals surface area contributed by atoms with E-state index < -0.39 is 0 Å². The lowest BCUT2D eigenvalue weighted by molar-refractivity contribution is 0.0796. The van der Waals surface area contributed by atoms with Crippen LogP contribution in [0.15, 0.2) is 24.3 Å². The Kier molecular flexibility index (Phi) is 7.93. The predicted molar refractivity (Wildman–Crippen MR) is 87.3 cm³/mol. The van der Waals surface area contributed by atoms with E-state index in [0.29, 0.717) is 26.2 Å². The fraction of sp³-hybridized carbons (Fsp3) is 0.533. The van der Waals surface area contributed by atoms with Gasteiger partial charge >= 0.3 is 6.09 Å².